The van der Waals surface area contributed by atoms with Crippen LogP contribution in [0.25, 0.3) is 55.6 Å². The highest BCUT2D eigenvalue weighted by Gasteiger charge is 2.16. The van der Waals surface area contributed by atoms with Gasteiger partial charge in [0.15, 0.2) is 5.65 Å². The van der Waals surface area contributed by atoms with Gasteiger partial charge in [0, 0.05) is 58.5 Å². The highest BCUT2D eigenvalue weighted by Crippen LogP contribution is 2.35. The lowest BCUT2D eigenvalue weighted by Gasteiger charge is -2.08. The summed E-state index contributed by atoms with van der Waals surface area (Å²) < 4.78 is 14.0. The molecular formula is C29H24FN7O2. The van der Waals surface area contributed by atoms with Crippen LogP contribution in [0.5, 0.6) is 5.75 Å². The SMILES string of the molecule is CC(C)CC(=O)Nc1cncc(-c2cnc3n[nH]c(-c4cc5c(-c6cc(O)cc(F)c6)cncc5[nH]4)c3c2)c1. The first kappa shape index (κ1) is 24.2. The Hall–Kier alpha value is -5.12. The average Bonchev–Trinajstić information content (AvgIpc) is 3.51. The van der Waals surface area contributed by atoms with Gasteiger partial charge in [0.25, 0.3) is 0 Å². The van der Waals surface area contributed by atoms with Crippen LogP contribution < -0.4 is 5.32 Å². The maximum absolute atomic E-state index is 14.0. The van der Waals surface area contributed by atoms with Crippen LogP contribution in [0.2, 0.25) is 0 Å². The molecule has 5 aromatic heterocycles. The Bertz CT molecular complexity index is 1840. The van der Waals surface area contributed by atoms with Crippen LogP contribution in [0.4, 0.5) is 10.1 Å². The second kappa shape index (κ2) is 9.64. The lowest BCUT2D eigenvalue weighted by molar-refractivity contribution is -0.116. The maximum atomic E-state index is 14.0. The summed E-state index contributed by atoms with van der Waals surface area (Å²) in [4.78, 5) is 28.7. The highest BCUT2D eigenvalue weighted by molar-refractivity contribution is 6.01. The van der Waals surface area contributed by atoms with Crippen molar-refractivity contribution in [2.75, 3.05) is 5.32 Å². The van der Waals surface area contributed by atoms with Crippen molar-refractivity contribution in [2.45, 2.75) is 20.3 Å². The topological polar surface area (TPSA) is 132 Å². The van der Waals surface area contributed by atoms with Gasteiger partial charge in [-0.1, -0.05) is 13.8 Å². The number of rotatable bonds is 6. The predicted octanol–water partition coefficient (Wildman–Crippen LogP) is 6.06. The number of benzene rings is 1. The molecule has 0 unspecified atom stereocenters. The van der Waals surface area contributed by atoms with Crippen LogP contribution in [0.3, 0.4) is 0 Å². The molecule has 0 bridgehead atoms. The van der Waals surface area contributed by atoms with Crippen LogP contribution in [0.15, 0.2) is 67.4 Å². The van der Waals surface area contributed by atoms with Crippen molar-refractivity contribution in [3.8, 4) is 39.4 Å². The molecule has 4 N–H and O–H groups in total. The van der Waals surface area contributed by atoms with Gasteiger partial charge in [0.05, 0.1) is 35.0 Å². The molecule has 0 atom stereocenters. The largest absolute Gasteiger partial charge is 0.508 e. The summed E-state index contributed by atoms with van der Waals surface area (Å²) >= 11 is 0. The zero-order valence-electron chi connectivity index (χ0n) is 21.2. The first-order valence-electron chi connectivity index (χ1n) is 12.4. The number of carbonyl (C=O) groups excluding carboxylic acids is 1. The number of carbonyl (C=O) groups is 1. The third-order valence-electron chi connectivity index (χ3n) is 6.37. The summed E-state index contributed by atoms with van der Waals surface area (Å²) in [5.74, 6) is -0.497. The molecule has 0 fully saturated rings. The number of halogens is 1. The molecule has 0 spiro atoms. The van der Waals surface area contributed by atoms with E-state index in [1.165, 1.54) is 12.1 Å². The van der Waals surface area contributed by atoms with E-state index < -0.39 is 5.82 Å². The van der Waals surface area contributed by atoms with E-state index in [9.17, 15) is 14.3 Å². The minimum absolute atomic E-state index is 0.0595. The quantitative estimate of drug-likeness (QED) is 0.211. The third-order valence-corrected chi connectivity index (χ3v) is 6.37. The second-order valence-electron chi connectivity index (χ2n) is 9.83. The van der Waals surface area contributed by atoms with Crippen molar-refractivity contribution >= 4 is 33.5 Å². The molecular weight excluding hydrogens is 497 g/mol. The van der Waals surface area contributed by atoms with Crippen molar-refractivity contribution in [1.82, 2.24) is 30.1 Å². The molecule has 0 saturated carbocycles. The van der Waals surface area contributed by atoms with E-state index in [0.717, 1.165) is 44.9 Å². The van der Waals surface area contributed by atoms with E-state index in [-0.39, 0.29) is 17.6 Å². The lowest BCUT2D eigenvalue weighted by atomic mass is 10.0. The average molecular weight is 522 g/mol. The van der Waals surface area contributed by atoms with Gasteiger partial charge in [0.1, 0.15) is 11.6 Å². The van der Waals surface area contributed by atoms with Gasteiger partial charge in [-0.05, 0) is 41.8 Å². The van der Waals surface area contributed by atoms with Crippen molar-refractivity contribution in [3.05, 3.63) is 73.2 Å². The number of aromatic nitrogens is 6. The second-order valence-corrected chi connectivity index (χ2v) is 9.83. The molecule has 5 heterocycles. The number of hydrogen-bond donors (Lipinski definition) is 4. The Labute approximate surface area is 222 Å². The molecule has 0 saturated heterocycles. The molecule has 194 valence electrons. The minimum Gasteiger partial charge on any atom is -0.508 e. The number of pyridine rings is 3. The van der Waals surface area contributed by atoms with E-state index in [4.69, 9.17) is 0 Å². The summed E-state index contributed by atoms with van der Waals surface area (Å²) in [6.45, 7) is 3.99. The van der Waals surface area contributed by atoms with Crippen LogP contribution >= 0.6 is 0 Å². The molecule has 10 heteroatoms. The summed E-state index contributed by atoms with van der Waals surface area (Å²) in [7, 11) is 0. The van der Waals surface area contributed by atoms with E-state index in [2.05, 4.69) is 35.5 Å². The molecule has 6 aromatic rings. The molecule has 0 aliphatic heterocycles. The number of amides is 1. The van der Waals surface area contributed by atoms with E-state index in [1.807, 2.05) is 32.0 Å². The number of aromatic hydroxyl groups is 1. The number of nitrogens with zero attached hydrogens (tertiary/aromatic N) is 4. The summed E-state index contributed by atoms with van der Waals surface area (Å²) in [6, 6.07) is 9.68. The van der Waals surface area contributed by atoms with Gasteiger partial charge in [-0.2, -0.15) is 5.10 Å². The van der Waals surface area contributed by atoms with Crippen LogP contribution in [0, 0.1) is 11.7 Å². The number of anilines is 1. The standard InChI is InChI=1S/C29H24FN7O2/c1-15(2)3-27(39)34-20-5-17(10-31-12-20)18-7-23-28(36-37-29(23)33-11-18)25-9-22-24(13-32-14-26(22)35-25)16-4-19(30)8-21(38)6-16/h4-15,35,38H,3H2,1-2H3,(H,34,39)(H,33,36,37). The fraction of sp³-hybridized carbons (Fsp3) is 0.138. The zero-order valence-corrected chi connectivity index (χ0v) is 21.2. The van der Waals surface area contributed by atoms with Crippen molar-refractivity contribution in [2.24, 2.45) is 5.92 Å². The molecule has 0 radical (unpaired) electrons. The Morgan fingerprint density at radius 1 is 0.949 bits per heavy atom. The highest BCUT2D eigenvalue weighted by atomic mass is 19.1. The Kier molecular flexibility index (Phi) is 5.99. The fourth-order valence-corrected chi connectivity index (χ4v) is 4.66. The van der Waals surface area contributed by atoms with Crippen molar-refractivity contribution in [1.29, 1.82) is 0 Å². The van der Waals surface area contributed by atoms with Crippen LogP contribution in [-0.2, 0) is 4.79 Å². The Morgan fingerprint density at radius 3 is 2.59 bits per heavy atom. The smallest absolute Gasteiger partial charge is 0.224 e. The number of fused-ring (bicyclic) bond motifs is 2. The van der Waals surface area contributed by atoms with Gasteiger partial charge in [-0.25, -0.2) is 9.37 Å². The first-order chi connectivity index (χ1) is 18.8. The molecule has 0 aliphatic carbocycles. The van der Waals surface area contributed by atoms with E-state index in [0.29, 0.717) is 28.9 Å². The fourth-order valence-electron chi connectivity index (χ4n) is 4.66. The monoisotopic (exact) mass is 521 g/mol. The zero-order chi connectivity index (χ0) is 27.1. The normalized spacial score (nSPS) is 11.5. The van der Waals surface area contributed by atoms with Gasteiger partial charge in [-0.3, -0.25) is 19.9 Å². The van der Waals surface area contributed by atoms with Crippen LogP contribution in [-0.4, -0.2) is 41.1 Å². The maximum Gasteiger partial charge on any atom is 0.224 e. The van der Waals surface area contributed by atoms with Gasteiger partial charge < -0.3 is 15.4 Å². The van der Waals surface area contributed by atoms with Crippen molar-refractivity contribution in [3.63, 3.8) is 0 Å². The van der Waals surface area contributed by atoms with Crippen molar-refractivity contribution < 1.29 is 14.3 Å². The molecule has 0 aliphatic rings. The predicted molar refractivity (Wildman–Crippen MR) is 147 cm³/mol. The van der Waals surface area contributed by atoms with Gasteiger partial charge in [0.2, 0.25) is 5.91 Å². The molecule has 6 rings (SSSR count). The Morgan fingerprint density at radius 2 is 1.77 bits per heavy atom. The number of phenolic OH excluding ortho intramolecular Hbond substituents is 1. The van der Waals surface area contributed by atoms with Crippen LogP contribution in [0.1, 0.15) is 20.3 Å². The van der Waals surface area contributed by atoms with E-state index in [1.54, 1.807) is 31.0 Å². The Balaban J connectivity index is 1.39. The lowest BCUT2D eigenvalue weighted by Crippen LogP contribution is -2.13. The number of H-pyrrole nitrogens is 2. The summed E-state index contributed by atoms with van der Waals surface area (Å²) in [5.41, 5.74) is 6.16. The number of phenols is 1. The number of aromatic amines is 2. The molecule has 1 aromatic carbocycles. The summed E-state index contributed by atoms with van der Waals surface area (Å²) in [6.07, 6.45) is 8.81. The third kappa shape index (κ3) is 4.79. The van der Waals surface area contributed by atoms with Gasteiger partial charge >= 0.3 is 0 Å². The van der Waals surface area contributed by atoms with Gasteiger partial charge in [-0.15, -0.1) is 0 Å². The molecule has 39 heavy (non-hydrogen) atoms. The summed E-state index contributed by atoms with van der Waals surface area (Å²) in [5, 5.41) is 21.8. The van der Waals surface area contributed by atoms with E-state index >= 15 is 0 Å². The number of nitrogens with one attached hydrogen (secondary N) is 3. The first-order valence-corrected chi connectivity index (χ1v) is 12.4. The number of hydrogen-bond acceptors (Lipinski definition) is 6. The molecule has 9 nitrogen and oxygen atoms in total. The minimum atomic E-state index is -0.533. The molecule has 1 amide bonds.